The molecule has 1 atom stereocenters. The number of nitrogens with one attached hydrogen (secondary N) is 2. The van der Waals surface area contributed by atoms with E-state index in [1.807, 2.05) is 41.8 Å². The molecule has 174 valence electrons. The summed E-state index contributed by atoms with van der Waals surface area (Å²) in [5.41, 5.74) is 8.04. The number of amides is 2. The van der Waals surface area contributed by atoms with E-state index in [0.717, 1.165) is 11.1 Å². The van der Waals surface area contributed by atoms with Crippen LogP contribution in [0.3, 0.4) is 0 Å². The molecule has 33 heavy (non-hydrogen) atoms. The van der Waals surface area contributed by atoms with Crippen molar-refractivity contribution in [3.05, 3.63) is 83.8 Å². The summed E-state index contributed by atoms with van der Waals surface area (Å²) in [6.45, 7) is 6.14. The van der Waals surface area contributed by atoms with Gasteiger partial charge in [-0.2, -0.15) is 0 Å². The first kappa shape index (κ1) is 24.2. The van der Waals surface area contributed by atoms with Crippen molar-refractivity contribution in [3.63, 3.8) is 0 Å². The summed E-state index contributed by atoms with van der Waals surface area (Å²) >= 11 is 0. The van der Waals surface area contributed by atoms with Crippen LogP contribution < -0.4 is 16.4 Å². The minimum absolute atomic E-state index is 0.00732. The van der Waals surface area contributed by atoms with Gasteiger partial charge in [0.05, 0.1) is 25.1 Å². The molecule has 0 bridgehead atoms. The molecule has 2 amide bonds. The minimum atomic E-state index is -1.13. The van der Waals surface area contributed by atoms with Crippen molar-refractivity contribution in [1.82, 2.24) is 14.9 Å². The van der Waals surface area contributed by atoms with Crippen LogP contribution in [0.2, 0.25) is 0 Å². The standard InChI is InChI=1S/C25H31N5O3/c1-18-9-11-19(12-10-18)13-30-14-22(27-17-30)29-23(31)21(28-24(32)25(2,3)26)16-33-15-20-7-5-4-6-8-20/h4-12,14,17,21H,13,15-16,26H2,1-3H3,(H,28,32)(H,29,31)/t21-/m1/s1. The van der Waals surface area contributed by atoms with Gasteiger partial charge in [0, 0.05) is 12.7 Å². The van der Waals surface area contributed by atoms with Crippen molar-refractivity contribution >= 4 is 17.6 Å². The molecule has 0 spiro atoms. The number of benzene rings is 2. The van der Waals surface area contributed by atoms with Crippen LogP contribution in [0.5, 0.6) is 0 Å². The highest BCUT2D eigenvalue weighted by atomic mass is 16.5. The van der Waals surface area contributed by atoms with Gasteiger partial charge in [-0.1, -0.05) is 60.2 Å². The Labute approximate surface area is 194 Å². The molecule has 0 saturated heterocycles. The number of hydrogen-bond acceptors (Lipinski definition) is 5. The lowest BCUT2D eigenvalue weighted by atomic mass is 10.1. The van der Waals surface area contributed by atoms with Gasteiger partial charge < -0.3 is 25.7 Å². The van der Waals surface area contributed by atoms with Gasteiger partial charge in [-0.25, -0.2) is 4.98 Å². The lowest BCUT2D eigenvalue weighted by Crippen LogP contribution is -2.56. The number of rotatable bonds is 10. The molecule has 8 nitrogen and oxygen atoms in total. The third-order valence-electron chi connectivity index (χ3n) is 4.97. The number of aromatic nitrogens is 2. The second-order valence-corrected chi connectivity index (χ2v) is 8.65. The summed E-state index contributed by atoms with van der Waals surface area (Å²) in [6, 6.07) is 16.9. The smallest absolute Gasteiger partial charge is 0.250 e. The number of imidazole rings is 1. The molecule has 0 saturated carbocycles. The Balaban J connectivity index is 1.62. The molecule has 0 aliphatic rings. The Kier molecular flexibility index (Phi) is 7.97. The van der Waals surface area contributed by atoms with Gasteiger partial charge in [-0.3, -0.25) is 9.59 Å². The van der Waals surface area contributed by atoms with Gasteiger partial charge in [0.1, 0.15) is 6.04 Å². The molecule has 1 heterocycles. The minimum Gasteiger partial charge on any atom is -0.374 e. The number of carbonyl (C=O) groups excluding carboxylic acids is 2. The lowest BCUT2D eigenvalue weighted by Gasteiger charge is -2.23. The molecule has 3 aromatic rings. The quantitative estimate of drug-likeness (QED) is 0.441. The number of nitrogens with two attached hydrogens (primary N) is 1. The van der Waals surface area contributed by atoms with Gasteiger partial charge >= 0.3 is 0 Å². The molecular weight excluding hydrogens is 418 g/mol. The number of anilines is 1. The highest BCUT2D eigenvalue weighted by molar-refractivity contribution is 5.97. The Morgan fingerprint density at radius 1 is 1.09 bits per heavy atom. The van der Waals surface area contributed by atoms with Crippen LogP contribution >= 0.6 is 0 Å². The van der Waals surface area contributed by atoms with Crippen LogP contribution in [0.25, 0.3) is 0 Å². The molecule has 4 N–H and O–H groups in total. The van der Waals surface area contributed by atoms with E-state index in [2.05, 4.69) is 39.9 Å². The van der Waals surface area contributed by atoms with Crippen molar-refractivity contribution in [3.8, 4) is 0 Å². The zero-order valence-corrected chi connectivity index (χ0v) is 19.2. The Morgan fingerprint density at radius 2 is 1.79 bits per heavy atom. The van der Waals surface area contributed by atoms with E-state index in [0.29, 0.717) is 19.0 Å². The summed E-state index contributed by atoms with van der Waals surface area (Å²) in [5.74, 6) is -0.487. The van der Waals surface area contributed by atoms with Crippen molar-refractivity contribution in [2.45, 2.75) is 45.5 Å². The SMILES string of the molecule is Cc1ccc(Cn2cnc(NC(=O)[C@@H](COCc3ccccc3)NC(=O)C(C)(C)N)c2)cc1. The maximum absolute atomic E-state index is 12.9. The van der Waals surface area contributed by atoms with Gasteiger partial charge in [0.15, 0.2) is 5.82 Å². The molecule has 2 aromatic carbocycles. The summed E-state index contributed by atoms with van der Waals surface area (Å²) < 4.78 is 7.58. The Bertz CT molecular complexity index is 1060. The van der Waals surface area contributed by atoms with E-state index in [4.69, 9.17) is 10.5 Å². The molecule has 1 aromatic heterocycles. The van der Waals surface area contributed by atoms with Gasteiger partial charge in [0.2, 0.25) is 5.91 Å². The van der Waals surface area contributed by atoms with Crippen LogP contribution in [-0.2, 0) is 27.5 Å². The lowest BCUT2D eigenvalue weighted by molar-refractivity contribution is -0.130. The Hall–Kier alpha value is -3.49. The van der Waals surface area contributed by atoms with Crippen molar-refractivity contribution in [1.29, 1.82) is 0 Å². The molecule has 0 aliphatic carbocycles. The van der Waals surface area contributed by atoms with E-state index < -0.39 is 23.4 Å². The molecule has 0 fully saturated rings. The maximum Gasteiger partial charge on any atom is 0.250 e. The molecule has 3 rings (SSSR count). The van der Waals surface area contributed by atoms with Gasteiger partial charge in [-0.05, 0) is 31.9 Å². The average Bonchev–Trinajstić information content (AvgIpc) is 3.21. The fourth-order valence-electron chi connectivity index (χ4n) is 3.02. The zero-order chi connectivity index (χ0) is 23.8. The first-order valence-corrected chi connectivity index (χ1v) is 10.8. The van der Waals surface area contributed by atoms with E-state index in [1.165, 1.54) is 5.56 Å². The molecule has 8 heteroatoms. The van der Waals surface area contributed by atoms with Crippen LogP contribution in [0.15, 0.2) is 67.1 Å². The first-order valence-electron chi connectivity index (χ1n) is 10.8. The van der Waals surface area contributed by atoms with Crippen LogP contribution in [0.1, 0.15) is 30.5 Å². The van der Waals surface area contributed by atoms with Crippen LogP contribution in [0, 0.1) is 6.92 Å². The van der Waals surface area contributed by atoms with Crippen LogP contribution in [0.4, 0.5) is 5.82 Å². The maximum atomic E-state index is 12.9. The number of nitrogens with zero attached hydrogens (tertiary/aromatic N) is 2. The number of ether oxygens (including phenoxy) is 1. The predicted molar refractivity (Wildman–Crippen MR) is 127 cm³/mol. The number of hydrogen-bond donors (Lipinski definition) is 3. The van der Waals surface area contributed by atoms with Crippen molar-refractivity contribution in [2.24, 2.45) is 5.73 Å². The van der Waals surface area contributed by atoms with Gasteiger partial charge in [0.25, 0.3) is 5.91 Å². The van der Waals surface area contributed by atoms with E-state index in [-0.39, 0.29) is 6.61 Å². The number of aryl methyl sites for hydroxylation is 1. The normalized spacial score (nSPS) is 12.2. The first-order chi connectivity index (χ1) is 15.7. The predicted octanol–water partition coefficient (Wildman–Crippen LogP) is 2.62. The summed E-state index contributed by atoms with van der Waals surface area (Å²) in [7, 11) is 0. The second kappa shape index (κ2) is 10.9. The summed E-state index contributed by atoms with van der Waals surface area (Å²) in [6.07, 6.45) is 3.40. The third kappa shape index (κ3) is 7.55. The number of carbonyl (C=O) groups is 2. The van der Waals surface area contributed by atoms with E-state index >= 15 is 0 Å². The fourth-order valence-corrected chi connectivity index (χ4v) is 3.02. The summed E-state index contributed by atoms with van der Waals surface area (Å²) in [4.78, 5) is 29.6. The third-order valence-corrected chi connectivity index (χ3v) is 4.97. The van der Waals surface area contributed by atoms with E-state index in [9.17, 15) is 9.59 Å². The van der Waals surface area contributed by atoms with Gasteiger partial charge in [-0.15, -0.1) is 0 Å². The fraction of sp³-hybridized carbons (Fsp3) is 0.320. The highest BCUT2D eigenvalue weighted by Gasteiger charge is 2.28. The van der Waals surface area contributed by atoms with Crippen molar-refractivity contribution in [2.75, 3.05) is 11.9 Å². The van der Waals surface area contributed by atoms with Crippen LogP contribution in [-0.4, -0.2) is 39.6 Å². The average molecular weight is 450 g/mol. The van der Waals surface area contributed by atoms with E-state index in [1.54, 1.807) is 26.4 Å². The zero-order valence-electron chi connectivity index (χ0n) is 19.2. The highest BCUT2D eigenvalue weighted by Crippen LogP contribution is 2.10. The van der Waals surface area contributed by atoms with Crippen molar-refractivity contribution < 1.29 is 14.3 Å². The monoisotopic (exact) mass is 449 g/mol. The Morgan fingerprint density at radius 3 is 2.45 bits per heavy atom. The topological polar surface area (TPSA) is 111 Å². The summed E-state index contributed by atoms with van der Waals surface area (Å²) in [5, 5.41) is 5.44. The molecule has 0 radical (unpaired) electrons. The second-order valence-electron chi connectivity index (χ2n) is 8.65. The molecule has 0 aliphatic heterocycles. The molecule has 0 unspecified atom stereocenters. The molecular formula is C25H31N5O3. The largest absolute Gasteiger partial charge is 0.374 e.